The van der Waals surface area contributed by atoms with E-state index in [1.54, 1.807) is 6.08 Å². The summed E-state index contributed by atoms with van der Waals surface area (Å²) < 4.78 is 6.12. The molecule has 1 atom stereocenters. The molecule has 0 radical (unpaired) electrons. The Labute approximate surface area is 108 Å². The van der Waals surface area contributed by atoms with Gasteiger partial charge in [0, 0.05) is 23.7 Å². The quantitative estimate of drug-likeness (QED) is 0.584. The molecular formula is C12H21BrO2Si. The van der Waals surface area contributed by atoms with E-state index in [1.165, 1.54) is 0 Å². The van der Waals surface area contributed by atoms with Crippen molar-refractivity contribution in [1.29, 1.82) is 0 Å². The van der Waals surface area contributed by atoms with Gasteiger partial charge in [0.05, 0.1) is 5.76 Å². The van der Waals surface area contributed by atoms with Crippen LogP contribution in [-0.2, 0) is 9.22 Å². The SMILES string of the molecule is CC(C)(C)[Si](C)(C)OC1=CC(=O)C(CBr)C1. The van der Waals surface area contributed by atoms with Gasteiger partial charge >= 0.3 is 0 Å². The van der Waals surface area contributed by atoms with Crippen LogP contribution < -0.4 is 0 Å². The number of halogens is 1. The molecule has 0 spiro atoms. The summed E-state index contributed by atoms with van der Waals surface area (Å²) in [5.74, 6) is 1.17. The fourth-order valence-electron chi connectivity index (χ4n) is 1.36. The number of alkyl halides is 1. The summed E-state index contributed by atoms with van der Waals surface area (Å²) in [6.45, 7) is 11.0. The van der Waals surface area contributed by atoms with Crippen LogP contribution in [-0.4, -0.2) is 19.4 Å². The van der Waals surface area contributed by atoms with Gasteiger partial charge in [-0.15, -0.1) is 0 Å². The highest BCUT2D eigenvalue weighted by molar-refractivity contribution is 9.09. The number of rotatable bonds is 3. The van der Waals surface area contributed by atoms with Gasteiger partial charge in [0.2, 0.25) is 8.32 Å². The van der Waals surface area contributed by atoms with Crippen molar-refractivity contribution >= 4 is 30.0 Å². The lowest BCUT2D eigenvalue weighted by Gasteiger charge is -2.36. The predicted octanol–water partition coefficient (Wildman–Crippen LogP) is 3.88. The van der Waals surface area contributed by atoms with Gasteiger partial charge in [0.15, 0.2) is 5.78 Å². The van der Waals surface area contributed by atoms with E-state index in [9.17, 15) is 4.79 Å². The van der Waals surface area contributed by atoms with E-state index in [1.807, 2.05) is 0 Å². The lowest BCUT2D eigenvalue weighted by Crippen LogP contribution is -2.40. The second kappa shape index (κ2) is 4.65. The molecule has 0 aromatic carbocycles. The largest absolute Gasteiger partial charge is 0.546 e. The lowest BCUT2D eigenvalue weighted by atomic mass is 10.1. The van der Waals surface area contributed by atoms with Crippen molar-refractivity contribution in [1.82, 2.24) is 0 Å². The lowest BCUT2D eigenvalue weighted by molar-refractivity contribution is -0.116. The molecule has 0 fully saturated rings. The Morgan fingerprint density at radius 1 is 1.50 bits per heavy atom. The molecule has 16 heavy (non-hydrogen) atoms. The van der Waals surface area contributed by atoms with E-state index < -0.39 is 8.32 Å². The van der Waals surface area contributed by atoms with Gasteiger partial charge in [-0.3, -0.25) is 4.79 Å². The van der Waals surface area contributed by atoms with E-state index in [2.05, 4.69) is 49.8 Å². The highest BCUT2D eigenvalue weighted by Crippen LogP contribution is 2.39. The Bertz CT molecular complexity index is 315. The maximum absolute atomic E-state index is 11.6. The summed E-state index contributed by atoms with van der Waals surface area (Å²) in [7, 11) is -1.78. The topological polar surface area (TPSA) is 26.3 Å². The maximum Gasteiger partial charge on any atom is 0.250 e. The first-order valence-electron chi connectivity index (χ1n) is 5.67. The summed E-state index contributed by atoms with van der Waals surface area (Å²) in [5, 5.41) is 0.913. The summed E-state index contributed by atoms with van der Waals surface area (Å²) in [6, 6.07) is 0. The zero-order valence-corrected chi connectivity index (χ0v) is 13.3. The van der Waals surface area contributed by atoms with Crippen molar-refractivity contribution in [3.05, 3.63) is 11.8 Å². The van der Waals surface area contributed by atoms with Gasteiger partial charge in [-0.2, -0.15) is 0 Å². The Balaban J connectivity index is 2.71. The molecule has 0 bridgehead atoms. The first-order valence-corrected chi connectivity index (χ1v) is 9.70. The molecular weight excluding hydrogens is 284 g/mol. The number of ketones is 1. The number of hydrogen-bond acceptors (Lipinski definition) is 2. The van der Waals surface area contributed by atoms with Crippen molar-refractivity contribution in [2.45, 2.75) is 45.3 Å². The van der Waals surface area contributed by atoms with E-state index in [-0.39, 0.29) is 16.7 Å². The van der Waals surface area contributed by atoms with Gasteiger partial charge in [-0.25, -0.2) is 0 Å². The van der Waals surface area contributed by atoms with Crippen LogP contribution in [0.5, 0.6) is 0 Å². The van der Waals surface area contributed by atoms with Crippen molar-refractivity contribution < 1.29 is 9.22 Å². The number of carbonyl (C=O) groups is 1. The summed E-state index contributed by atoms with van der Waals surface area (Å²) in [6.07, 6.45) is 2.45. The third-order valence-corrected chi connectivity index (χ3v) is 8.70. The monoisotopic (exact) mass is 304 g/mol. The van der Waals surface area contributed by atoms with Crippen LogP contribution in [0, 0.1) is 5.92 Å². The van der Waals surface area contributed by atoms with E-state index in [0.29, 0.717) is 0 Å². The molecule has 2 nitrogen and oxygen atoms in total. The van der Waals surface area contributed by atoms with Crippen LogP contribution in [0.1, 0.15) is 27.2 Å². The van der Waals surface area contributed by atoms with E-state index in [0.717, 1.165) is 17.5 Å². The minimum Gasteiger partial charge on any atom is -0.546 e. The number of allylic oxidation sites excluding steroid dienone is 2. The molecule has 0 saturated heterocycles. The number of hydrogen-bond donors (Lipinski definition) is 0. The second-order valence-electron chi connectivity index (χ2n) is 5.93. The minimum atomic E-state index is -1.78. The van der Waals surface area contributed by atoms with Crippen LogP contribution >= 0.6 is 15.9 Å². The summed E-state index contributed by atoms with van der Waals surface area (Å²) >= 11 is 3.36. The van der Waals surface area contributed by atoms with Gasteiger partial charge in [0.25, 0.3) is 0 Å². The molecule has 0 saturated carbocycles. The third-order valence-electron chi connectivity index (χ3n) is 3.53. The minimum absolute atomic E-state index is 0.0831. The molecule has 1 unspecified atom stereocenters. The van der Waals surface area contributed by atoms with Crippen LogP contribution in [0.2, 0.25) is 18.1 Å². The van der Waals surface area contributed by atoms with Crippen molar-refractivity contribution in [2.75, 3.05) is 5.33 Å². The van der Waals surface area contributed by atoms with Gasteiger partial charge in [-0.1, -0.05) is 36.7 Å². The Morgan fingerprint density at radius 3 is 2.44 bits per heavy atom. The summed E-state index contributed by atoms with van der Waals surface area (Å²) in [4.78, 5) is 11.6. The molecule has 4 heteroatoms. The number of carbonyl (C=O) groups excluding carboxylic acids is 1. The second-order valence-corrected chi connectivity index (χ2v) is 11.3. The molecule has 0 aliphatic heterocycles. The van der Waals surface area contributed by atoms with E-state index >= 15 is 0 Å². The van der Waals surface area contributed by atoms with E-state index in [4.69, 9.17) is 4.43 Å². The maximum atomic E-state index is 11.6. The van der Waals surface area contributed by atoms with Gasteiger partial charge in [0.1, 0.15) is 0 Å². The van der Waals surface area contributed by atoms with Crippen LogP contribution in [0.4, 0.5) is 0 Å². The highest BCUT2D eigenvalue weighted by atomic mass is 79.9. The smallest absolute Gasteiger partial charge is 0.250 e. The summed E-state index contributed by atoms with van der Waals surface area (Å²) in [5.41, 5.74) is 0. The Hall–Kier alpha value is -0.0931. The molecule has 0 aromatic rings. The van der Waals surface area contributed by atoms with Crippen molar-refractivity contribution in [3.63, 3.8) is 0 Å². The normalized spacial score (nSPS) is 22.2. The average molecular weight is 305 g/mol. The van der Waals surface area contributed by atoms with Crippen molar-refractivity contribution in [2.24, 2.45) is 5.92 Å². The molecule has 1 rings (SSSR count). The fourth-order valence-corrected chi connectivity index (χ4v) is 3.01. The third kappa shape index (κ3) is 2.97. The first kappa shape index (κ1) is 14.0. The molecule has 0 heterocycles. The molecule has 0 aromatic heterocycles. The average Bonchev–Trinajstić information content (AvgIpc) is 2.43. The molecule has 1 aliphatic rings. The molecule has 92 valence electrons. The van der Waals surface area contributed by atoms with Crippen LogP contribution in [0.25, 0.3) is 0 Å². The fraction of sp³-hybridized carbons (Fsp3) is 0.750. The predicted molar refractivity (Wildman–Crippen MR) is 73.3 cm³/mol. The molecule has 0 amide bonds. The van der Waals surface area contributed by atoms with Gasteiger partial charge < -0.3 is 4.43 Å². The highest BCUT2D eigenvalue weighted by Gasteiger charge is 2.40. The zero-order chi connectivity index (χ0) is 12.6. The van der Waals surface area contributed by atoms with Crippen molar-refractivity contribution in [3.8, 4) is 0 Å². The zero-order valence-electron chi connectivity index (χ0n) is 10.8. The molecule has 0 N–H and O–H groups in total. The van der Waals surface area contributed by atoms with Crippen LogP contribution in [0.15, 0.2) is 11.8 Å². The first-order chi connectivity index (χ1) is 7.17. The molecule has 1 aliphatic carbocycles. The van der Waals surface area contributed by atoms with Crippen LogP contribution in [0.3, 0.4) is 0 Å². The van der Waals surface area contributed by atoms with Gasteiger partial charge in [-0.05, 0) is 18.1 Å². The Kier molecular flexibility index (Phi) is 4.06. The standard InChI is InChI=1S/C12H21BrO2Si/c1-12(2,3)16(4,5)15-10-6-9(8-13)11(14)7-10/h7,9H,6,8H2,1-5H3. The Morgan fingerprint density at radius 2 is 2.06 bits per heavy atom.